The second-order valence-electron chi connectivity index (χ2n) is 3.28. The fraction of sp³-hybridized carbons (Fsp3) is 0.300. The second-order valence-corrected chi connectivity index (χ2v) is 4.88. The van der Waals surface area contributed by atoms with E-state index in [-0.39, 0.29) is 34.6 Å². The van der Waals surface area contributed by atoms with Gasteiger partial charge in [0.05, 0.1) is 0 Å². The number of nitrogens with two attached hydrogens (primary N) is 1. The Kier molecular flexibility index (Phi) is 5.21. The van der Waals surface area contributed by atoms with Crippen LogP contribution in [0.2, 0.25) is 0 Å². The fourth-order valence-corrected chi connectivity index (χ4v) is 1.79. The predicted molar refractivity (Wildman–Crippen MR) is 69.3 cm³/mol. The molecule has 0 aromatic heterocycles. The lowest BCUT2D eigenvalue weighted by Gasteiger charge is -2.09. The lowest BCUT2D eigenvalue weighted by Crippen LogP contribution is -2.13. The van der Waals surface area contributed by atoms with Crippen molar-refractivity contribution in [2.75, 3.05) is 17.6 Å². The first-order valence-electron chi connectivity index (χ1n) is 4.83. The molecule has 0 saturated carbocycles. The van der Waals surface area contributed by atoms with E-state index >= 15 is 0 Å². The Hall–Kier alpha value is -1.02. The third kappa shape index (κ3) is 5.09. The Balaban J connectivity index is 2.49. The Morgan fingerprint density at radius 1 is 1.39 bits per heavy atom. The molecule has 0 amide bonds. The monoisotopic (exact) mass is 298 g/mol. The molecule has 0 fully saturated rings. The zero-order chi connectivity index (χ0) is 13.8. The molecule has 0 radical (unpaired) electrons. The Morgan fingerprint density at radius 3 is 2.56 bits per heavy atom. The van der Waals surface area contributed by atoms with Crippen LogP contribution in [0.3, 0.4) is 0 Å². The quantitative estimate of drug-likeness (QED) is 0.497. The van der Waals surface area contributed by atoms with Gasteiger partial charge in [-0.2, -0.15) is 13.2 Å². The first-order valence-corrected chi connectivity index (χ1v) is 6.23. The summed E-state index contributed by atoms with van der Waals surface area (Å²) >= 11 is 4.50. The summed E-state index contributed by atoms with van der Waals surface area (Å²) in [5, 5.41) is 2.68. The highest BCUT2D eigenvalue weighted by Crippen LogP contribution is 2.29. The molecular weight excluding hydrogens is 288 g/mol. The van der Waals surface area contributed by atoms with Crippen LogP contribution in [0.4, 0.5) is 23.2 Å². The topological polar surface area (TPSA) is 38.0 Å². The van der Waals surface area contributed by atoms with E-state index in [4.69, 9.17) is 5.73 Å². The summed E-state index contributed by atoms with van der Waals surface area (Å²) < 4.78 is 48.9. The predicted octanol–water partition coefficient (Wildman–Crippen LogP) is 3.12. The van der Waals surface area contributed by atoms with Gasteiger partial charge in [0.1, 0.15) is 10.8 Å². The minimum Gasteiger partial charge on any atom is -0.389 e. The summed E-state index contributed by atoms with van der Waals surface area (Å²) in [6, 6.07) is 4.04. The molecule has 1 aromatic rings. The molecule has 0 aliphatic rings. The van der Waals surface area contributed by atoms with Gasteiger partial charge >= 0.3 is 5.51 Å². The second kappa shape index (κ2) is 6.24. The molecule has 0 aliphatic heterocycles. The van der Waals surface area contributed by atoms with Gasteiger partial charge in [0.15, 0.2) is 0 Å². The maximum absolute atomic E-state index is 13.4. The molecule has 0 spiro atoms. The number of thioether (sulfide) groups is 1. The Bertz CT molecular complexity index is 434. The molecule has 100 valence electrons. The van der Waals surface area contributed by atoms with Crippen LogP contribution < -0.4 is 11.1 Å². The third-order valence-corrected chi connectivity index (χ3v) is 2.89. The first kappa shape index (κ1) is 15.0. The number of rotatable bonds is 5. The summed E-state index contributed by atoms with van der Waals surface area (Å²) in [5.74, 6) is -0.752. The molecule has 0 atom stereocenters. The molecular formula is C10H10F4N2S2. The van der Waals surface area contributed by atoms with Crippen LogP contribution in [0.25, 0.3) is 0 Å². The van der Waals surface area contributed by atoms with Crippen LogP contribution in [0.5, 0.6) is 0 Å². The lowest BCUT2D eigenvalue weighted by molar-refractivity contribution is -0.0327. The van der Waals surface area contributed by atoms with Crippen LogP contribution >= 0.6 is 24.0 Å². The minimum absolute atomic E-state index is 0.0633. The molecule has 0 heterocycles. The summed E-state index contributed by atoms with van der Waals surface area (Å²) in [4.78, 5) is -0.0633. The van der Waals surface area contributed by atoms with Gasteiger partial charge in [0.2, 0.25) is 0 Å². The van der Waals surface area contributed by atoms with Crippen LogP contribution in [-0.2, 0) is 0 Å². The average Bonchev–Trinajstić information content (AvgIpc) is 2.22. The number of nitrogens with one attached hydrogen (secondary N) is 1. The number of hydrogen-bond acceptors (Lipinski definition) is 3. The van der Waals surface area contributed by atoms with Crippen LogP contribution in [0.15, 0.2) is 18.2 Å². The van der Waals surface area contributed by atoms with Crippen molar-refractivity contribution in [3.8, 4) is 0 Å². The summed E-state index contributed by atoms with van der Waals surface area (Å²) in [6.07, 6.45) is 0. The first-order chi connectivity index (χ1) is 8.29. The maximum Gasteiger partial charge on any atom is 0.441 e. The Labute approximate surface area is 111 Å². The fourth-order valence-electron chi connectivity index (χ4n) is 1.19. The average molecular weight is 298 g/mol. The molecule has 0 bridgehead atoms. The zero-order valence-corrected chi connectivity index (χ0v) is 10.7. The molecule has 1 rings (SSSR count). The van der Waals surface area contributed by atoms with Crippen molar-refractivity contribution in [2.45, 2.75) is 5.51 Å². The number of thiocarbonyl (C=S) groups is 1. The molecule has 2 nitrogen and oxygen atoms in total. The molecule has 3 N–H and O–H groups in total. The van der Waals surface area contributed by atoms with Crippen molar-refractivity contribution in [3.63, 3.8) is 0 Å². The van der Waals surface area contributed by atoms with E-state index in [9.17, 15) is 17.6 Å². The van der Waals surface area contributed by atoms with Crippen molar-refractivity contribution in [1.82, 2.24) is 0 Å². The minimum atomic E-state index is -4.25. The molecule has 0 aliphatic carbocycles. The van der Waals surface area contributed by atoms with Crippen LogP contribution in [0.1, 0.15) is 5.56 Å². The number of halogens is 4. The van der Waals surface area contributed by atoms with Gasteiger partial charge in [-0.3, -0.25) is 0 Å². The van der Waals surface area contributed by atoms with Crippen molar-refractivity contribution in [2.24, 2.45) is 5.73 Å². The number of alkyl halides is 3. The van der Waals surface area contributed by atoms with E-state index in [1.807, 2.05) is 0 Å². The van der Waals surface area contributed by atoms with E-state index in [0.29, 0.717) is 5.69 Å². The molecule has 0 unspecified atom stereocenters. The van der Waals surface area contributed by atoms with E-state index in [2.05, 4.69) is 17.5 Å². The van der Waals surface area contributed by atoms with Gasteiger partial charge in [-0.15, -0.1) is 0 Å². The van der Waals surface area contributed by atoms with Gasteiger partial charge in [0.25, 0.3) is 0 Å². The van der Waals surface area contributed by atoms with Gasteiger partial charge in [0, 0.05) is 23.5 Å². The number of benzene rings is 1. The highest BCUT2D eigenvalue weighted by atomic mass is 32.2. The van der Waals surface area contributed by atoms with Crippen molar-refractivity contribution < 1.29 is 17.6 Å². The summed E-state index contributed by atoms with van der Waals surface area (Å²) in [6.45, 7) is 0.0794. The molecule has 0 saturated heterocycles. The SMILES string of the molecule is NC(=S)c1ccc(NCCSC(F)(F)F)cc1F. The van der Waals surface area contributed by atoms with Gasteiger partial charge < -0.3 is 11.1 Å². The number of hydrogen-bond donors (Lipinski definition) is 2. The maximum atomic E-state index is 13.4. The normalized spacial score (nSPS) is 11.3. The van der Waals surface area contributed by atoms with E-state index < -0.39 is 11.3 Å². The largest absolute Gasteiger partial charge is 0.441 e. The molecule has 8 heteroatoms. The van der Waals surface area contributed by atoms with E-state index in [0.717, 1.165) is 6.07 Å². The molecule has 1 aromatic carbocycles. The number of anilines is 1. The standard InChI is InChI=1S/C10H10F4N2S2/c11-8-5-6(1-2-7(8)9(15)17)16-3-4-18-10(12,13)14/h1-2,5,16H,3-4H2,(H2,15,17). The lowest BCUT2D eigenvalue weighted by atomic mass is 10.2. The van der Waals surface area contributed by atoms with E-state index in [1.165, 1.54) is 12.1 Å². The summed E-state index contributed by atoms with van der Waals surface area (Å²) in [5.41, 5.74) is 1.53. The highest BCUT2D eigenvalue weighted by molar-refractivity contribution is 8.00. The van der Waals surface area contributed by atoms with E-state index in [1.54, 1.807) is 0 Å². The Morgan fingerprint density at radius 2 is 2.06 bits per heavy atom. The van der Waals surface area contributed by atoms with Crippen LogP contribution in [0, 0.1) is 5.82 Å². The van der Waals surface area contributed by atoms with Crippen LogP contribution in [-0.4, -0.2) is 22.8 Å². The van der Waals surface area contributed by atoms with Crippen molar-refractivity contribution in [1.29, 1.82) is 0 Å². The van der Waals surface area contributed by atoms with Crippen molar-refractivity contribution >= 4 is 34.7 Å². The smallest absolute Gasteiger partial charge is 0.389 e. The zero-order valence-electron chi connectivity index (χ0n) is 9.05. The van der Waals surface area contributed by atoms with Crippen molar-refractivity contribution in [3.05, 3.63) is 29.6 Å². The third-order valence-electron chi connectivity index (χ3n) is 1.93. The summed E-state index contributed by atoms with van der Waals surface area (Å²) in [7, 11) is 0. The van der Waals surface area contributed by atoms with Gasteiger partial charge in [-0.25, -0.2) is 4.39 Å². The van der Waals surface area contributed by atoms with Gasteiger partial charge in [-0.05, 0) is 30.0 Å². The highest BCUT2D eigenvalue weighted by Gasteiger charge is 2.27. The molecule has 18 heavy (non-hydrogen) atoms. The van der Waals surface area contributed by atoms with Gasteiger partial charge in [-0.1, -0.05) is 12.2 Å².